The van der Waals surface area contributed by atoms with Crippen molar-refractivity contribution in [2.24, 2.45) is 0 Å². The Bertz CT molecular complexity index is 445. The number of anilines is 1. The van der Waals surface area contributed by atoms with E-state index < -0.39 is 0 Å². The maximum absolute atomic E-state index is 5.84. The Morgan fingerprint density at radius 1 is 1.40 bits per heavy atom. The van der Waals surface area contributed by atoms with Crippen molar-refractivity contribution >= 4 is 33.4 Å². The van der Waals surface area contributed by atoms with Gasteiger partial charge in [0.1, 0.15) is 5.76 Å². The molecule has 0 aliphatic heterocycles. The Kier molecular flexibility index (Phi) is 3.33. The van der Waals surface area contributed by atoms with E-state index in [9.17, 15) is 0 Å². The Hall–Kier alpha value is -0.940. The molecule has 0 unspecified atom stereocenters. The highest BCUT2D eigenvalue weighted by molar-refractivity contribution is 9.10. The lowest BCUT2D eigenvalue weighted by Gasteiger charge is -2.03. The van der Waals surface area contributed by atoms with Crippen LogP contribution in [0.5, 0.6) is 0 Å². The summed E-state index contributed by atoms with van der Waals surface area (Å²) in [6.45, 7) is 0. The van der Waals surface area contributed by atoms with Crippen LogP contribution in [-0.2, 0) is 5.75 Å². The Morgan fingerprint density at radius 3 is 3.00 bits per heavy atom. The lowest BCUT2D eigenvalue weighted by molar-refractivity contribution is 0.395. The number of hydrogen-bond donors (Lipinski definition) is 1. The molecule has 0 bridgehead atoms. The molecule has 78 valence electrons. The standard InChI is InChI=1S/C10H9BrN2OS/c11-7-1-2-9(12)10(5-7)15-6-8-3-4-13-14-8/h1-5H,6,12H2. The second kappa shape index (κ2) is 4.72. The van der Waals surface area contributed by atoms with Gasteiger partial charge in [0.25, 0.3) is 0 Å². The number of benzene rings is 1. The first-order chi connectivity index (χ1) is 7.25. The van der Waals surface area contributed by atoms with Crippen molar-refractivity contribution in [3.8, 4) is 0 Å². The second-order valence-electron chi connectivity index (χ2n) is 2.95. The summed E-state index contributed by atoms with van der Waals surface area (Å²) >= 11 is 5.04. The maximum atomic E-state index is 5.84. The third kappa shape index (κ3) is 2.76. The summed E-state index contributed by atoms with van der Waals surface area (Å²) in [5, 5.41) is 3.65. The number of nitrogens with zero attached hydrogens (tertiary/aromatic N) is 1. The molecule has 0 fully saturated rings. The Balaban J connectivity index is 2.07. The molecule has 1 aromatic heterocycles. The molecule has 5 heteroatoms. The number of aromatic nitrogens is 1. The van der Waals surface area contributed by atoms with Gasteiger partial charge in [0.2, 0.25) is 0 Å². The van der Waals surface area contributed by atoms with Crippen LogP contribution in [0.1, 0.15) is 5.76 Å². The van der Waals surface area contributed by atoms with E-state index in [-0.39, 0.29) is 0 Å². The van der Waals surface area contributed by atoms with Gasteiger partial charge < -0.3 is 10.3 Å². The molecule has 0 saturated carbocycles. The topological polar surface area (TPSA) is 52.0 Å². The summed E-state index contributed by atoms with van der Waals surface area (Å²) < 4.78 is 6.03. The molecule has 0 atom stereocenters. The highest BCUT2D eigenvalue weighted by Gasteiger charge is 2.03. The third-order valence-corrected chi connectivity index (χ3v) is 3.42. The zero-order valence-corrected chi connectivity index (χ0v) is 10.2. The van der Waals surface area contributed by atoms with Gasteiger partial charge in [0.15, 0.2) is 0 Å². The molecule has 0 spiro atoms. The fraction of sp³-hybridized carbons (Fsp3) is 0.100. The molecule has 0 saturated heterocycles. The van der Waals surface area contributed by atoms with E-state index in [0.717, 1.165) is 26.6 Å². The molecular weight excluding hydrogens is 276 g/mol. The first-order valence-electron chi connectivity index (χ1n) is 4.33. The smallest absolute Gasteiger partial charge is 0.146 e. The predicted molar refractivity (Wildman–Crippen MR) is 64.6 cm³/mol. The number of nitrogens with two attached hydrogens (primary N) is 1. The molecule has 1 heterocycles. The number of thioether (sulfide) groups is 1. The predicted octanol–water partition coefficient (Wildman–Crippen LogP) is 3.31. The molecule has 0 radical (unpaired) electrons. The van der Waals surface area contributed by atoms with Crippen molar-refractivity contribution in [1.29, 1.82) is 0 Å². The van der Waals surface area contributed by atoms with Gasteiger partial charge >= 0.3 is 0 Å². The monoisotopic (exact) mass is 284 g/mol. The average Bonchev–Trinajstić information content (AvgIpc) is 2.72. The van der Waals surface area contributed by atoms with Crippen molar-refractivity contribution in [1.82, 2.24) is 5.16 Å². The van der Waals surface area contributed by atoms with Gasteiger partial charge in [0.05, 0.1) is 11.9 Å². The third-order valence-electron chi connectivity index (χ3n) is 1.84. The zero-order chi connectivity index (χ0) is 10.7. The molecule has 0 amide bonds. The van der Waals surface area contributed by atoms with E-state index in [1.807, 2.05) is 24.3 Å². The fourth-order valence-electron chi connectivity index (χ4n) is 1.10. The molecule has 2 rings (SSSR count). The molecule has 1 aromatic carbocycles. The first kappa shape index (κ1) is 10.6. The van der Waals surface area contributed by atoms with Gasteiger partial charge in [-0.25, -0.2) is 0 Å². The van der Waals surface area contributed by atoms with E-state index in [0.29, 0.717) is 0 Å². The van der Waals surface area contributed by atoms with Crippen molar-refractivity contribution in [3.63, 3.8) is 0 Å². The molecule has 3 nitrogen and oxygen atoms in total. The summed E-state index contributed by atoms with van der Waals surface area (Å²) in [5.74, 6) is 1.58. The largest absolute Gasteiger partial charge is 0.398 e. The summed E-state index contributed by atoms with van der Waals surface area (Å²) in [7, 11) is 0. The van der Waals surface area contributed by atoms with Crippen LogP contribution in [0.4, 0.5) is 5.69 Å². The van der Waals surface area contributed by atoms with Gasteiger partial charge in [-0.2, -0.15) is 0 Å². The van der Waals surface area contributed by atoms with Gasteiger partial charge in [-0.3, -0.25) is 0 Å². The van der Waals surface area contributed by atoms with Crippen LogP contribution in [-0.4, -0.2) is 5.16 Å². The normalized spacial score (nSPS) is 10.5. The molecule has 0 aliphatic rings. The van der Waals surface area contributed by atoms with E-state index in [4.69, 9.17) is 10.3 Å². The van der Waals surface area contributed by atoms with Gasteiger partial charge in [0, 0.05) is 21.1 Å². The quantitative estimate of drug-likeness (QED) is 0.694. The maximum Gasteiger partial charge on any atom is 0.146 e. The van der Waals surface area contributed by atoms with Crippen LogP contribution in [0.15, 0.2) is 44.4 Å². The summed E-state index contributed by atoms with van der Waals surface area (Å²) in [5.41, 5.74) is 6.62. The molecule has 2 N–H and O–H groups in total. The zero-order valence-electron chi connectivity index (χ0n) is 7.81. The van der Waals surface area contributed by atoms with Crippen LogP contribution in [0.25, 0.3) is 0 Å². The minimum absolute atomic E-state index is 0.737. The fourth-order valence-corrected chi connectivity index (χ4v) is 2.50. The molecule has 15 heavy (non-hydrogen) atoms. The van der Waals surface area contributed by atoms with Crippen molar-refractivity contribution < 1.29 is 4.52 Å². The van der Waals surface area contributed by atoms with E-state index >= 15 is 0 Å². The lowest BCUT2D eigenvalue weighted by atomic mass is 10.3. The summed E-state index contributed by atoms with van der Waals surface area (Å²) in [6, 6.07) is 7.65. The van der Waals surface area contributed by atoms with Crippen molar-refractivity contribution in [2.75, 3.05) is 5.73 Å². The minimum atomic E-state index is 0.737. The van der Waals surface area contributed by atoms with Crippen LogP contribution in [0, 0.1) is 0 Å². The summed E-state index contributed by atoms with van der Waals surface area (Å²) in [4.78, 5) is 1.04. The molecule has 0 aliphatic carbocycles. The van der Waals surface area contributed by atoms with Crippen LogP contribution >= 0.6 is 27.7 Å². The summed E-state index contributed by atoms with van der Waals surface area (Å²) in [6.07, 6.45) is 1.64. The average molecular weight is 285 g/mol. The van der Waals surface area contributed by atoms with E-state index in [1.165, 1.54) is 0 Å². The Morgan fingerprint density at radius 2 is 2.27 bits per heavy atom. The number of rotatable bonds is 3. The van der Waals surface area contributed by atoms with Crippen molar-refractivity contribution in [3.05, 3.63) is 40.7 Å². The second-order valence-corrected chi connectivity index (χ2v) is 4.88. The number of hydrogen-bond acceptors (Lipinski definition) is 4. The van der Waals surface area contributed by atoms with Crippen LogP contribution in [0.2, 0.25) is 0 Å². The van der Waals surface area contributed by atoms with Crippen molar-refractivity contribution in [2.45, 2.75) is 10.6 Å². The highest BCUT2D eigenvalue weighted by atomic mass is 79.9. The number of halogens is 1. The molecular formula is C10H9BrN2OS. The van der Waals surface area contributed by atoms with Crippen LogP contribution < -0.4 is 5.73 Å². The Labute approximate surface area is 100 Å². The van der Waals surface area contributed by atoms with Gasteiger partial charge in [-0.1, -0.05) is 21.1 Å². The highest BCUT2D eigenvalue weighted by Crippen LogP contribution is 2.30. The minimum Gasteiger partial charge on any atom is -0.398 e. The lowest BCUT2D eigenvalue weighted by Crippen LogP contribution is -1.88. The van der Waals surface area contributed by atoms with Crippen LogP contribution in [0.3, 0.4) is 0 Å². The van der Waals surface area contributed by atoms with Gasteiger partial charge in [-0.15, -0.1) is 11.8 Å². The van der Waals surface area contributed by atoms with E-state index in [1.54, 1.807) is 18.0 Å². The molecule has 2 aromatic rings. The van der Waals surface area contributed by atoms with Gasteiger partial charge in [-0.05, 0) is 18.2 Å². The number of nitrogen functional groups attached to an aromatic ring is 1. The van der Waals surface area contributed by atoms with E-state index in [2.05, 4.69) is 21.1 Å². The first-order valence-corrected chi connectivity index (χ1v) is 6.11. The SMILES string of the molecule is Nc1ccc(Br)cc1SCc1ccno1.